The maximum absolute atomic E-state index is 12.5. The first-order valence-electron chi connectivity index (χ1n) is 6.20. The third kappa shape index (κ3) is 1.97. The number of benzene rings is 2. The van der Waals surface area contributed by atoms with E-state index in [1.807, 2.05) is 24.3 Å². The van der Waals surface area contributed by atoms with Crippen molar-refractivity contribution < 1.29 is 4.79 Å². The highest BCUT2D eigenvalue weighted by Gasteiger charge is 2.16. The number of nitrogens with two attached hydrogens (primary N) is 2. The van der Waals surface area contributed by atoms with E-state index in [-0.39, 0.29) is 11.6 Å². The van der Waals surface area contributed by atoms with Crippen LogP contribution in [0.4, 0.5) is 11.5 Å². The number of hydrogen-bond donors (Lipinski definition) is 2. The van der Waals surface area contributed by atoms with Gasteiger partial charge in [0.05, 0.1) is 5.56 Å². The highest BCUT2D eigenvalue weighted by atomic mass is 16.1. The lowest BCUT2D eigenvalue weighted by atomic mass is 9.98. The van der Waals surface area contributed by atoms with E-state index in [4.69, 9.17) is 11.5 Å². The normalized spacial score (nSPS) is 10.6. The summed E-state index contributed by atoms with van der Waals surface area (Å²) in [7, 11) is 0. The van der Waals surface area contributed by atoms with E-state index in [0.717, 1.165) is 10.8 Å². The van der Waals surface area contributed by atoms with E-state index >= 15 is 0 Å². The average molecular weight is 263 g/mol. The minimum absolute atomic E-state index is 0.209. The molecule has 0 bridgehead atoms. The van der Waals surface area contributed by atoms with Gasteiger partial charge in [0.1, 0.15) is 5.82 Å². The minimum atomic E-state index is -0.209. The maximum Gasteiger partial charge on any atom is 0.198 e. The van der Waals surface area contributed by atoms with Crippen LogP contribution in [0.5, 0.6) is 0 Å². The molecule has 20 heavy (non-hydrogen) atoms. The number of rotatable bonds is 2. The van der Waals surface area contributed by atoms with Gasteiger partial charge < -0.3 is 11.5 Å². The summed E-state index contributed by atoms with van der Waals surface area (Å²) in [6, 6.07) is 14.7. The molecule has 0 fully saturated rings. The van der Waals surface area contributed by atoms with Crippen molar-refractivity contribution in [3.05, 3.63) is 65.9 Å². The number of carbonyl (C=O) groups excluding carboxylic acids is 1. The van der Waals surface area contributed by atoms with Crippen LogP contribution in [-0.2, 0) is 0 Å². The standard InChI is InChI=1S/C16H13N3O/c17-14-9-11-5-2-1-4-10(11)8-13(14)15(20)12-6-3-7-19-16(12)18/h1-9H,17H2,(H2,18,19). The van der Waals surface area contributed by atoms with Gasteiger partial charge >= 0.3 is 0 Å². The number of pyridine rings is 1. The number of aromatic nitrogens is 1. The fourth-order valence-electron chi connectivity index (χ4n) is 2.21. The van der Waals surface area contributed by atoms with E-state index < -0.39 is 0 Å². The fraction of sp³-hybridized carbons (Fsp3) is 0. The van der Waals surface area contributed by atoms with Gasteiger partial charge in [-0.05, 0) is 35.0 Å². The number of hydrogen-bond acceptors (Lipinski definition) is 4. The van der Waals surface area contributed by atoms with Crippen LogP contribution in [0.3, 0.4) is 0 Å². The van der Waals surface area contributed by atoms with Gasteiger partial charge in [0, 0.05) is 17.4 Å². The molecule has 0 saturated carbocycles. The van der Waals surface area contributed by atoms with Crippen molar-refractivity contribution in [3.8, 4) is 0 Å². The first-order chi connectivity index (χ1) is 9.66. The van der Waals surface area contributed by atoms with Gasteiger partial charge in [0.15, 0.2) is 5.78 Å². The third-order valence-electron chi connectivity index (χ3n) is 3.25. The van der Waals surface area contributed by atoms with Crippen molar-refractivity contribution in [2.45, 2.75) is 0 Å². The van der Waals surface area contributed by atoms with Crippen LogP contribution >= 0.6 is 0 Å². The van der Waals surface area contributed by atoms with Crippen molar-refractivity contribution in [1.29, 1.82) is 0 Å². The Hall–Kier alpha value is -2.88. The van der Waals surface area contributed by atoms with Crippen LogP contribution in [0.1, 0.15) is 15.9 Å². The van der Waals surface area contributed by atoms with Gasteiger partial charge in [-0.3, -0.25) is 4.79 Å². The number of nitrogens with zero attached hydrogens (tertiary/aromatic N) is 1. The lowest BCUT2D eigenvalue weighted by molar-refractivity contribution is 0.104. The summed E-state index contributed by atoms with van der Waals surface area (Å²) in [5.74, 6) is 0.00362. The van der Waals surface area contributed by atoms with E-state index in [1.54, 1.807) is 30.5 Å². The lowest BCUT2D eigenvalue weighted by Crippen LogP contribution is -2.09. The Balaban J connectivity index is 2.17. The highest BCUT2D eigenvalue weighted by Crippen LogP contribution is 2.25. The molecule has 2 aromatic carbocycles. The van der Waals surface area contributed by atoms with Gasteiger partial charge in [-0.15, -0.1) is 0 Å². The molecule has 0 amide bonds. The lowest BCUT2D eigenvalue weighted by Gasteiger charge is -2.08. The van der Waals surface area contributed by atoms with Crippen molar-refractivity contribution in [2.24, 2.45) is 0 Å². The Kier molecular flexibility index (Phi) is 2.84. The number of nitrogen functional groups attached to an aromatic ring is 2. The fourth-order valence-corrected chi connectivity index (χ4v) is 2.21. The van der Waals surface area contributed by atoms with Crippen LogP contribution in [0.15, 0.2) is 54.7 Å². The average Bonchev–Trinajstić information content (AvgIpc) is 2.46. The second-order valence-corrected chi connectivity index (χ2v) is 4.55. The van der Waals surface area contributed by atoms with Gasteiger partial charge in [-0.2, -0.15) is 0 Å². The minimum Gasteiger partial charge on any atom is -0.398 e. The van der Waals surface area contributed by atoms with Gasteiger partial charge in [-0.1, -0.05) is 24.3 Å². The molecule has 0 radical (unpaired) electrons. The molecular formula is C16H13N3O. The van der Waals surface area contributed by atoms with Gasteiger partial charge in [-0.25, -0.2) is 4.98 Å². The molecule has 0 aliphatic rings. The maximum atomic E-state index is 12.5. The zero-order valence-corrected chi connectivity index (χ0v) is 10.7. The molecule has 1 aromatic heterocycles. The molecule has 0 spiro atoms. The molecule has 3 rings (SSSR count). The summed E-state index contributed by atoms with van der Waals surface area (Å²) in [4.78, 5) is 16.5. The topological polar surface area (TPSA) is 82.0 Å². The second-order valence-electron chi connectivity index (χ2n) is 4.55. The van der Waals surface area contributed by atoms with Crippen molar-refractivity contribution >= 4 is 28.1 Å². The molecule has 98 valence electrons. The van der Waals surface area contributed by atoms with Crippen LogP contribution in [-0.4, -0.2) is 10.8 Å². The zero-order valence-electron chi connectivity index (χ0n) is 10.7. The monoisotopic (exact) mass is 263 g/mol. The predicted molar refractivity (Wildman–Crippen MR) is 80.4 cm³/mol. The van der Waals surface area contributed by atoms with E-state index in [0.29, 0.717) is 16.8 Å². The first-order valence-corrected chi connectivity index (χ1v) is 6.20. The Morgan fingerprint density at radius 1 is 0.900 bits per heavy atom. The summed E-state index contributed by atoms with van der Waals surface area (Å²) in [6.45, 7) is 0. The highest BCUT2D eigenvalue weighted by molar-refractivity contribution is 6.16. The molecular weight excluding hydrogens is 250 g/mol. The summed E-state index contributed by atoms with van der Waals surface area (Å²) in [6.07, 6.45) is 1.55. The van der Waals surface area contributed by atoms with Gasteiger partial charge in [0.25, 0.3) is 0 Å². The number of carbonyl (C=O) groups is 1. The summed E-state index contributed by atoms with van der Waals surface area (Å²) >= 11 is 0. The molecule has 1 heterocycles. The Bertz CT molecular complexity index is 812. The van der Waals surface area contributed by atoms with Crippen LogP contribution < -0.4 is 11.5 Å². The second kappa shape index (κ2) is 4.66. The quantitative estimate of drug-likeness (QED) is 0.550. The molecule has 3 aromatic rings. The molecule has 0 unspecified atom stereocenters. The molecule has 0 aliphatic heterocycles. The first kappa shape index (κ1) is 12.2. The largest absolute Gasteiger partial charge is 0.398 e. The van der Waals surface area contributed by atoms with Crippen molar-refractivity contribution in [3.63, 3.8) is 0 Å². The molecule has 0 aliphatic carbocycles. The smallest absolute Gasteiger partial charge is 0.198 e. The molecule has 0 atom stereocenters. The summed E-state index contributed by atoms with van der Waals surface area (Å²) in [5.41, 5.74) is 13.0. The van der Waals surface area contributed by atoms with Crippen LogP contribution in [0.2, 0.25) is 0 Å². The molecule has 4 nitrogen and oxygen atoms in total. The van der Waals surface area contributed by atoms with Crippen LogP contribution in [0.25, 0.3) is 10.8 Å². The summed E-state index contributed by atoms with van der Waals surface area (Å²) in [5, 5.41) is 1.97. The summed E-state index contributed by atoms with van der Waals surface area (Å²) < 4.78 is 0. The number of fused-ring (bicyclic) bond motifs is 1. The van der Waals surface area contributed by atoms with Crippen LogP contribution in [0, 0.1) is 0 Å². The van der Waals surface area contributed by atoms with E-state index in [1.165, 1.54) is 0 Å². The Morgan fingerprint density at radius 2 is 1.60 bits per heavy atom. The molecule has 0 saturated heterocycles. The third-order valence-corrected chi connectivity index (χ3v) is 3.25. The van der Waals surface area contributed by atoms with E-state index in [9.17, 15) is 4.79 Å². The zero-order chi connectivity index (χ0) is 14.1. The van der Waals surface area contributed by atoms with Crippen molar-refractivity contribution in [1.82, 2.24) is 4.98 Å². The number of ketones is 1. The Labute approximate surface area is 116 Å². The van der Waals surface area contributed by atoms with Gasteiger partial charge in [0.2, 0.25) is 0 Å². The predicted octanol–water partition coefficient (Wildman–Crippen LogP) is 2.63. The molecule has 4 heteroatoms. The van der Waals surface area contributed by atoms with Crippen molar-refractivity contribution in [2.75, 3.05) is 11.5 Å². The molecule has 4 N–H and O–H groups in total. The number of anilines is 2. The Morgan fingerprint density at radius 3 is 2.30 bits per heavy atom. The van der Waals surface area contributed by atoms with E-state index in [2.05, 4.69) is 4.98 Å². The SMILES string of the molecule is Nc1cc2ccccc2cc1C(=O)c1cccnc1N.